The van der Waals surface area contributed by atoms with Crippen LogP contribution in [0.15, 0.2) is 0 Å². The van der Waals surface area contributed by atoms with Gasteiger partial charge >= 0.3 is 11.9 Å². The molecule has 0 atom stereocenters. The van der Waals surface area contributed by atoms with Crippen molar-refractivity contribution in [3.05, 3.63) is 0 Å². The highest BCUT2D eigenvalue weighted by molar-refractivity contribution is 5.73. The summed E-state index contributed by atoms with van der Waals surface area (Å²) in [6.45, 7) is 6.39. The molecule has 0 saturated carbocycles. The molecule has 5 nitrogen and oxygen atoms in total. The van der Waals surface area contributed by atoms with Crippen LogP contribution in [0.5, 0.6) is 0 Å². The fraction of sp³-hybridized carbons (Fsp3) is 0.857. The highest BCUT2D eigenvalue weighted by Gasteiger charge is 2.07. The maximum atomic E-state index is 11.2. The van der Waals surface area contributed by atoms with Crippen molar-refractivity contribution >= 4 is 11.9 Å². The number of rotatable bonds is 11. The van der Waals surface area contributed by atoms with Crippen LogP contribution in [-0.4, -0.2) is 38.4 Å². The fourth-order valence-electron chi connectivity index (χ4n) is 1.28. The second-order valence-electron chi connectivity index (χ2n) is 4.85. The zero-order chi connectivity index (χ0) is 14.5. The number of esters is 2. The lowest BCUT2D eigenvalue weighted by Gasteiger charge is -2.08. The Hall–Kier alpha value is -1.10. The first-order valence-corrected chi connectivity index (χ1v) is 6.95. The molecule has 112 valence electrons. The zero-order valence-electron chi connectivity index (χ0n) is 12.3. The van der Waals surface area contributed by atoms with Gasteiger partial charge in [0.1, 0.15) is 13.2 Å². The summed E-state index contributed by atoms with van der Waals surface area (Å²) in [7, 11) is 0. The molecule has 0 aliphatic heterocycles. The number of ether oxygens (including phenoxy) is 3. The van der Waals surface area contributed by atoms with Crippen LogP contribution in [0.2, 0.25) is 0 Å². The van der Waals surface area contributed by atoms with E-state index in [0.29, 0.717) is 13.2 Å². The Morgan fingerprint density at radius 3 is 2.16 bits per heavy atom. The first-order valence-electron chi connectivity index (χ1n) is 6.95. The molecule has 0 radical (unpaired) electrons. The molecular formula is C14H26O5. The van der Waals surface area contributed by atoms with E-state index in [0.717, 1.165) is 25.7 Å². The SMILES string of the molecule is CCCCCCOC(=O)COCC(=O)OCC(C)C. The minimum absolute atomic E-state index is 0.204. The monoisotopic (exact) mass is 274 g/mol. The second kappa shape index (κ2) is 12.0. The van der Waals surface area contributed by atoms with E-state index in [2.05, 4.69) is 6.92 Å². The van der Waals surface area contributed by atoms with Crippen LogP contribution in [0.4, 0.5) is 0 Å². The summed E-state index contributed by atoms with van der Waals surface area (Å²) in [5, 5.41) is 0. The summed E-state index contributed by atoms with van der Waals surface area (Å²) in [6.07, 6.45) is 4.23. The summed E-state index contributed by atoms with van der Waals surface area (Å²) in [5.41, 5.74) is 0. The Labute approximate surface area is 115 Å². The van der Waals surface area contributed by atoms with Crippen molar-refractivity contribution in [1.82, 2.24) is 0 Å². The van der Waals surface area contributed by atoms with Crippen molar-refractivity contribution in [3.8, 4) is 0 Å². The van der Waals surface area contributed by atoms with E-state index in [1.807, 2.05) is 13.8 Å². The predicted molar refractivity (Wildman–Crippen MR) is 71.7 cm³/mol. The summed E-state index contributed by atoms with van der Waals surface area (Å²) in [6, 6.07) is 0. The van der Waals surface area contributed by atoms with Gasteiger partial charge in [0.15, 0.2) is 0 Å². The number of unbranched alkanes of at least 4 members (excludes halogenated alkanes) is 3. The number of hydrogen-bond donors (Lipinski definition) is 0. The van der Waals surface area contributed by atoms with Crippen LogP contribution >= 0.6 is 0 Å². The average Bonchev–Trinajstić information content (AvgIpc) is 2.36. The van der Waals surface area contributed by atoms with E-state index in [1.54, 1.807) is 0 Å². The third-order valence-electron chi connectivity index (χ3n) is 2.28. The highest BCUT2D eigenvalue weighted by Crippen LogP contribution is 1.99. The van der Waals surface area contributed by atoms with Crippen LogP contribution in [0.25, 0.3) is 0 Å². The van der Waals surface area contributed by atoms with Crippen molar-refractivity contribution < 1.29 is 23.8 Å². The minimum atomic E-state index is -0.454. The van der Waals surface area contributed by atoms with Gasteiger partial charge in [-0.15, -0.1) is 0 Å². The molecule has 5 heteroatoms. The lowest BCUT2D eigenvalue weighted by Crippen LogP contribution is -2.20. The molecule has 0 aromatic heterocycles. The minimum Gasteiger partial charge on any atom is -0.464 e. The van der Waals surface area contributed by atoms with Gasteiger partial charge < -0.3 is 14.2 Å². The lowest BCUT2D eigenvalue weighted by atomic mass is 10.2. The van der Waals surface area contributed by atoms with Gasteiger partial charge in [-0.05, 0) is 12.3 Å². The van der Waals surface area contributed by atoms with Gasteiger partial charge in [0.25, 0.3) is 0 Å². The molecule has 0 fully saturated rings. The van der Waals surface area contributed by atoms with Gasteiger partial charge in [0, 0.05) is 0 Å². The Morgan fingerprint density at radius 2 is 1.58 bits per heavy atom. The molecule has 0 bridgehead atoms. The van der Waals surface area contributed by atoms with E-state index in [1.165, 1.54) is 0 Å². The number of hydrogen-bond acceptors (Lipinski definition) is 5. The van der Waals surface area contributed by atoms with Crippen molar-refractivity contribution in [2.75, 3.05) is 26.4 Å². The standard InChI is InChI=1S/C14H26O5/c1-4-5-6-7-8-18-13(15)10-17-11-14(16)19-9-12(2)3/h12H,4-11H2,1-3H3. The largest absolute Gasteiger partial charge is 0.464 e. The van der Waals surface area contributed by atoms with Gasteiger partial charge in [0.05, 0.1) is 13.2 Å². The fourth-order valence-corrected chi connectivity index (χ4v) is 1.28. The molecule has 0 spiro atoms. The maximum Gasteiger partial charge on any atom is 0.332 e. The van der Waals surface area contributed by atoms with Gasteiger partial charge in [0.2, 0.25) is 0 Å². The molecular weight excluding hydrogens is 248 g/mol. The first kappa shape index (κ1) is 17.9. The normalized spacial score (nSPS) is 10.5. The van der Waals surface area contributed by atoms with Crippen molar-refractivity contribution in [1.29, 1.82) is 0 Å². The molecule has 0 amide bonds. The summed E-state index contributed by atoms with van der Waals surface area (Å²) in [5.74, 6) is -0.602. The third-order valence-corrected chi connectivity index (χ3v) is 2.28. The molecule has 0 aliphatic carbocycles. The summed E-state index contributed by atoms with van der Waals surface area (Å²) >= 11 is 0. The van der Waals surface area contributed by atoms with Crippen LogP contribution < -0.4 is 0 Å². The van der Waals surface area contributed by atoms with E-state index >= 15 is 0 Å². The quantitative estimate of drug-likeness (QED) is 0.427. The van der Waals surface area contributed by atoms with Crippen LogP contribution in [0, 0.1) is 5.92 Å². The topological polar surface area (TPSA) is 61.8 Å². The average molecular weight is 274 g/mol. The molecule has 0 saturated heterocycles. The third kappa shape index (κ3) is 13.1. The lowest BCUT2D eigenvalue weighted by molar-refractivity contribution is -0.156. The van der Waals surface area contributed by atoms with Crippen LogP contribution in [0.1, 0.15) is 46.5 Å². The van der Waals surface area contributed by atoms with E-state index < -0.39 is 11.9 Å². The van der Waals surface area contributed by atoms with Crippen LogP contribution in [-0.2, 0) is 23.8 Å². The molecule has 0 heterocycles. The van der Waals surface area contributed by atoms with Crippen molar-refractivity contribution in [3.63, 3.8) is 0 Å². The first-order chi connectivity index (χ1) is 9.06. The van der Waals surface area contributed by atoms with Gasteiger partial charge in [-0.3, -0.25) is 0 Å². The number of carbonyl (C=O) groups is 2. The van der Waals surface area contributed by atoms with Crippen LogP contribution in [0.3, 0.4) is 0 Å². The van der Waals surface area contributed by atoms with Gasteiger partial charge in [-0.1, -0.05) is 40.0 Å². The highest BCUT2D eigenvalue weighted by atomic mass is 16.6. The maximum absolute atomic E-state index is 11.2. The molecule has 0 N–H and O–H groups in total. The molecule has 0 aliphatic rings. The number of carbonyl (C=O) groups excluding carboxylic acids is 2. The Balaban J connectivity index is 3.39. The molecule has 0 unspecified atom stereocenters. The molecule has 0 rings (SSSR count). The van der Waals surface area contributed by atoms with E-state index in [9.17, 15) is 9.59 Å². The van der Waals surface area contributed by atoms with Crippen molar-refractivity contribution in [2.24, 2.45) is 5.92 Å². The smallest absolute Gasteiger partial charge is 0.332 e. The zero-order valence-corrected chi connectivity index (χ0v) is 12.3. The Kier molecular flexibility index (Phi) is 11.3. The van der Waals surface area contributed by atoms with Gasteiger partial charge in [-0.25, -0.2) is 9.59 Å². The Morgan fingerprint density at radius 1 is 0.947 bits per heavy atom. The summed E-state index contributed by atoms with van der Waals surface area (Å²) < 4.78 is 14.8. The molecule has 0 aromatic rings. The second-order valence-corrected chi connectivity index (χ2v) is 4.85. The summed E-state index contributed by atoms with van der Waals surface area (Å²) in [4.78, 5) is 22.4. The Bertz CT molecular complexity index is 250. The van der Waals surface area contributed by atoms with E-state index in [-0.39, 0.29) is 19.1 Å². The van der Waals surface area contributed by atoms with Gasteiger partial charge in [-0.2, -0.15) is 0 Å². The predicted octanol–water partition coefficient (Wildman–Crippen LogP) is 2.33. The van der Waals surface area contributed by atoms with Crippen molar-refractivity contribution in [2.45, 2.75) is 46.5 Å². The van der Waals surface area contributed by atoms with E-state index in [4.69, 9.17) is 14.2 Å². The molecule has 0 aromatic carbocycles. The molecule has 19 heavy (non-hydrogen) atoms.